The van der Waals surface area contributed by atoms with Crippen LogP contribution in [-0.2, 0) is 6.42 Å². The maximum atomic E-state index is 5.61. The van der Waals surface area contributed by atoms with Crippen molar-refractivity contribution in [2.75, 3.05) is 46.9 Å². The van der Waals surface area contributed by atoms with Crippen LogP contribution in [0.4, 0.5) is 0 Å². The SMILES string of the molecule is COc1c(C)cc(C)c(CCN2CCNCC2)c1OC. The normalized spacial score (nSPS) is 16.2. The van der Waals surface area contributed by atoms with Crippen molar-refractivity contribution >= 4 is 0 Å². The highest BCUT2D eigenvalue weighted by molar-refractivity contribution is 5.55. The molecule has 0 aromatic heterocycles. The highest BCUT2D eigenvalue weighted by Crippen LogP contribution is 2.36. The van der Waals surface area contributed by atoms with Crippen molar-refractivity contribution in [3.05, 3.63) is 22.8 Å². The molecule has 2 rings (SSSR count). The molecule has 1 heterocycles. The van der Waals surface area contributed by atoms with Gasteiger partial charge in [-0.25, -0.2) is 0 Å². The van der Waals surface area contributed by atoms with Gasteiger partial charge in [-0.2, -0.15) is 0 Å². The third-order valence-corrected chi connectivity index (χ3v) is 4.04. The van der Waals surface area contributed by atoms with Gasteiger partial charge in [0.25, 0.3) is 0 Å². The number of hydrogen-bond donors (Lipinski definition) is 1. The summed E-state index contributed by atoms with van der Waals surface area (Å²) in [6, 6.07) is 2.19. The largest absolute Gasteiger partial charge is 0.493 e. The molecule has 20 heavy (non-hydrogen) atoms. The van der Waals surface area contributed by atoms with Gasteiger partial charge in [0, 0.05) is 38.3 Å². The summed E-state index contributed by atoms with van der Waals surface area (Å²) >= 11 is 0. The van der Waals surface area contributed by atoms with E-state index in [0.29, 0.717) is 0 Å². The molecule has 0 radical (unpaired) electrons. The summed E-state index contributed by atoms with van der Waals surface area (Å²) in [5.74, 6) is 1.77. The number of ether oxygens (including phenoxy) is 2. The number of rotatable bonds is 5. The van der Waals surface area contributed by atoms with Crippen molar-refractivity contribution in [2.45, 2.75) is 20.3 Å². The summed E-state index contributed by atoms with van der Waals surface area (Å²) in [7, 11) is 3.44. The number of methoxy groups -OCH3 is 2. The topological polar surface area (TPSA) is 33.7 Å². The zero-order valence-electron chi connectivity index (χ0n) is 13.1. The molecule has 0 amide bonds. The van der Waals surface area contributed by atoms with Gasteiger partial charge in [-0.05, 0) is 31.4 Å². The van der Waals surface area contributed by atoms with Gasteiger partial charge < -0.3 is 19.7 Å². The number of benzene rings is 1. The van der Waals surface area contributed by atoms with Crippen molar-refractivity contribution in [1.29, 1.82) is 0 Å². The van der Waals surface area contributed by atoms with Crippen molar-refractivity contribution in [1.82, 2.24) is 10.2 Å². The standard InChI is InChI=1S/C16H26N2O2/c1-12-11-13(2)15(19-3)16(20-4)14(12)5-8-18-9-6-17-7-10-18/h11,17H,5-10H2,1-4H3. The van der Waals surface area contributed by atoms with Crippen LogP contribution in [0.2, 0.25) is 0 Å². The van der Waals surface area contributed by atoms with E-state index in [9.17, 15) is 0 Å². The van der Waals surface area contributed by atoms with E-state index in [4.69, 9.17) is 9.47 Å². The van der Waals surface area contributed by atoms with Gasteiger partial charge in [-0.1, -0.05) is 6.07 Å². The molecule has 1 saturated heterocycles. The van der Waals surface area contributed by atoms with Crippen LogP contribution in [0.3, 0.4) is 0 Å². The molecule has 1 aromatic carbocycles. The predicted molar refractivity (Wildman–Crippen MR) is 82.0 cm³/mol. The summed E-state index contributed by atoms with van der Waals surface area (Å²) in [5.41, 5.74) is 3.69. The first-order valence-corrected chi connectivity index (χ1v) is 7.31. The van der Waals surface area contributed by atoms with Crippen molar-refractivity contribution in [3.8, 4) is 11.5 Å². The van der Waals surface area contributed by atoms with Gasteiger partial charge in [0.1, 0.15) is 0 Å². The molecule has 0 bridgehead atoms. The molecule has 1 aliphatic rings. The first-order valence-electron chi connectivity index (χ1n) is 7.31. The number of aryl methyl sites for hydroxylation is 2. The molecule has 4 heteroatoms. The lowest BCUT2D eigenvalue weighted by atomic mass is 10.00. The Balaban J connectivity index is 2.17. The molecule has 0 unspecified atom stereocenters. The average Bonchev–Trinajstić information content (AvgIpc) is 2.46. The number of piperazine rings is 1. The van der Waals surface area contributed by atoms with Gasteiger partial charge in [0.15, 0.2) is 11.5 Å². The third kappa shape index (κ3) is 3.25. The van der Waals surface area contributed by atoms with E-state index >= 15 is 0 Å². The van der Waals surface area contributed by atoms with Gasteiger partial charge in [0.2, 0.25) is 0 Å². The number of nitrogens with one attached hydrogen (secondary N) is 1. The molecule has 0 saturated carbocycles. The molecule has 1 aromatic rings. The second-order valence-electron chi connectivity index (χ2n) is 5.40. The minimum atomic E-state index is 0.869. The molecule has 1 fully saturated rings. The lowest BCUT2D eigenvalue weighted by Gasteiger charge is -2.28. The monoisotopic (exact) mass is 278 g/mol. The lowest BCUT2D eigenvalue weighted by molar-refractivity contribution is 0.242. The minimum absolute atomic E-state index is 0.869. The molecule has 1 aliphatic heterocycles. The Kier molecular flexibility index (Phi) is 5.26. The van der Waals surface area contributed by atoms with E-state index in [1.54, 1.807) is 14.2 Å². The van der Waals surface area contributed by atoms with E-state index in [2.05, 4.69) is 30.1 Å². The van der Waals surface area contributed by atoms with Crippen molar-refractivity contribution < 1.29 is 9.47 Å². The average molecular weight is 278 g/mol. The van der Waals surface area contributed by atoms with E-state index in [0.717, 1.165) is 56.2 Å². The first-order chi connectivity index (χ1) is 9.67. The highest BCUT2D eigenvalue weighted by atomic mass is 16.5. The molecule has 4 nitrogen and oxygen atoms in total. The number of hydrogen-bond acceptors (Lipinski definition) is 4. The van der Waals surface area contributed by atoms with E-state index in [-0.39, 0.29) is 0 Å². The molecule has 0 atom stereocenters. The Morgan fingerprint density at radius 1 is 1.05 bits per heavy atom. The fourth-order valence-corrected chi connectivity index (χ4v) is 2.96. The third-order valence-electron chi connectivity index (χ3n) is 4.04. The zero-order chi connectivity index (χ0) is 14.5. The van der Waals surface area contributed by atoms with Gasteiger partial charge in [-0.15, -0.1) is 0 Å². The molecular formula is C16H26N2O2. The van der Waals surface area contributed by atoms with E-state index in [1.165, 1.54) is 11.1 Å². The Morgan fingerprint density at radius 2 is 1.70 bits per heavy atom. The summed E-state index contributed by atoms with van der Waals surface area (Å²) < 4.78 is 11.1. The van der Waals surface area contributed by atoms with Crippen LogP contribution in [0.15, 0.2) is 6.07 Å². The Hall–Kier alpha value is -1.26. The van der Waals surface area contributed by atoms with Crippen LogP contribution in [0, 0.1) is 13.8 Å². The second kappa shape index (κ2) is 6.95. The smallest absolute Gasteiger partial charge is 0.164 e. The van der Waals surface area contributed by atoms with Crippen LogP contribution in [0.5, 0.6) is 11.5 Å². The Morgan fingerprint density at radius 3 is 2.30 bits per heavy atom. The number of nitrogens with zero attached hydrogens (tertiary/aromatic N) is 1. The van der Waals surface area contributed by atoms with Crippen LogP contribution < -0.4 is 14.8 Å². The van der Waals surface area contributed by atoms with Crippen LogP contribution >= 0.6 is 0 Å². The minimum Gasteiger partial charge on any atom is -0.493 e. The molecule has 0 aliphatic carbocycles. The predicted octanol–water partition coefficient (Wildman–Crippen LogP) is 1.77. The maximum absolute atomic E-state index is 5.61. The lowest BCUT2D eigenvalue weighted by Crippen LogP contribution is -2.44. The van der Waals surface area contributed by atoms with Crippen LogP contribution in [-0.4, -0.2) is 51.8 Å². The Labute approximate surface area is 122 Å². The molecule has 1 N–H and O–H groups in total. The highest BCUT2D eigenvalue weighted by Gasteiger charge is 2.17. The second-order valence-corrected chi connectivity index (χ2v) is 5.40. The fraction of sp³-hybridized carbons (Fsp3) is 0.625. The first kappa shape index (κ1) is 15.1. The van der Waals surface area contributed by atoms with Crippen molar-refractivity contribution in [3.63, 3.8) is 0 Å². The van der Waals surface area contributed by atoms with Crippen LogP contribution in [0.25, 0.3) is 0 Å². The van der Waals surface area contributed by atoms with Gasteiger partial charge >= 0.3 is 0 Å². The summed E-state index contributed by atoms with van der Waals surface area (Å²) in [4.78, 5) is 2.50. The Bertz CT molecular complexity index is 454. The van der Waals surface area contributed by atoms with E-state index in [1.807, 2.05) is 0 Å². The quantitative estimate of drug-likeness (QED) is 0.890. The molecule has 0 spiro atoms. The summed E-state index contributed by atoms with van der Waals surface area (Å²) in [5, 5.41) is 3.39. The molecular weight excluding hydrogens is 252 g/mol. The van der Waals surface area contributed by atoms with E-state index < -0.39 is 0 Å². The summed E-state index contributed by atoms with van der Waals surface area (Å²) in [6.07, 6.45) is 1.01. The van der Waals surface area contributed by atoms with Crippen molar-refractivity contribution in [2.24, 2.45) is 0 Å². The summed E-state index contributed by atoms with van der Waals surface area (Å²) in [6.45, 7) is 9.73. The molecule has 112 valence electrons. The van der Waals surface area contributed by atoms with Gasteiger partial charge in [-0.3, -0.25) is 0 Å². The van der Waals surface area contributed by atoms with Gasteiger partial charge in [0.05, 0.1) is 14.2 Å². The van der Waals surface area contributed by atoms with Crippen LogP contribution in [0.1, 0.15) is 16.7 Å². The maximum Gasteiger partial charge on any atom is 0.164 e. The fourth-order valence-electron chi connectivity index (χ4n) is 2.96. The zero-order valence-corrected chi connectivity index (χ0v) is 13.1.